The third-order valence-electron chi connectivity index (χ3n) is 2.12. The van der Waals surface area contributed by atoms with Gasteiger partial charge in [-0.25, -0.2) is 9.18 Å². The van der Waals surface area contributed by atoms with Gasteiger partial charge >= 0.3 is 5.97 Å². The number of halogens is 1. The lowest BCUT2D eigenvalue weighted by Crippen LogP contribution is -2.33. The van der Waals surface area contributed by atoms with Gasteiger partial charge in [-0.15, -0.1) is 0 Å². The van der Waals surface area contributed by atoms with Crippen LogP contribution in [0.2, 0.25) is 0 Å². The van der Waals surface area contributed by atoms with E-state index in [9.17, 15) is 9.18 Å². The highest BCUT2D eigenvalue weighted by Gasteiger charge is 2.17. The van der Waals surface area contributed by atoms with Crippen LogP contribution in [0.4, 0.5) is 10.1 Å². The number of carboxylic acid groups (broad SMARTS) is 1. The maximum Gasteiger partial charge on any atom is 0.328 e. The minimum absolute atomic E-state index is 0.00895. The van der Waals surface area contributed by atoms with Crippen molar-refractivity contribution in [3.8, 4) is 5.75 Å². The van der Waals surface area contributed by atoms with Crippen LogP contribution >= 0.6 is 0 Å². The van der Waals surface area contributed by atoms with Crippen molar-refractivity contribution in [3.63, 3.8) is 0 Å². The van der Waals surface area contributed by atoms with Gasteiger partial charge in [0.1, 0.15) is 6.04 Å². The maximum atomic E-state index is 13.1. The molecule has 0 saturated heterocycles. The summed E-state index contributed by atoms with van der Waals surface area (Å²) in [4.78, 5) is 10.9. The van der Waals surface area contributed by atoms with E-state index < -0.39 is 17.8 Å². The summed E-state index contributed by atoms with van der Waals surface area (Å²) in [7, 11) is 2.74. The summed E-state index contributed by atoms with van der Waals surface area (Å²) >= 11 is 0. The minimum atomic E-state index is -1.05. The quantitative estimate of drug-likeness (QED) is 0.789. The smallest absolute Gasteiger partial charge is 0.328 e. The first-order chi connectivity index (χ1) is 8.08. The molecule has 0 heterocycles. The lowest BCUT2D eigenvalue weighted by atomic mass is 10.2. The third-order valence-corrected chi connectivity index (χ3v) is 2.12. The van der Waals surface area contributed by atoms with Crippen LogP contribution in [0.5, 0.6) is 5.75 Å². The summed E-state index contributed by atoms with van der Waals surface area (Å²) in [6.07, 6.45) is 0. The van der Waals surface area contributed by atoms with E-state index in [1.807, 2.05) is 0 Å². The Morgan fingerprint density at radius 3 is 2.76 bits per heavy atom. The summed E-state index contributed by atoms with van der Waals surface area (Å²) in [5.74, 6) is -1.50. The fourth-order valence-corrected chi connectivity index (χ4v) is 1.29. The molecule has 1 unspecified atom stereocenters. The zero-order chi connectivity index (χ0) is 12.8. The average molecular weight is 243 g/mol. The molecule has 6 heteroatoms. The molecule has 1 rings (SSSR count). The van der Waals surface area contributed by atoms with Gasteiger partial charge < -0.3 is 19.9 Å². The van der Waals surface area contributed by atoms with Crippen LogP contribution in [0.15, 0.2) is 18.2 Å². The van der Waals surface area contributed by atoms with Gasteiger partial charge in [0.25, 0.3) is 0 Å². The van der Waals surface area contributed by atoms with E-state index in [4.69, 9.17) is 14.6 Å². The van der Waals surface area contributed by atoms with Crippen LogP contribution in [0.1, 0.15) is 0 Å². The van der Waals surface area contributed by atoms with Crippen LogP contribution in [0.25, 0.3) is 0 Å². The van der Waals surface area contributed by atoms with E-state index in [-0.39, 0.29) is 12.4 Å². The molecule has 0 aromatic heterocycles. The van der Waals surface area contributed by atoms with Gasteiger partial charge in [0.15, 0.2) is 11.6 Å². The number of anilines is 1. The number of hydrogen-bond donors (Lipinski definition) is 2. The Morgan fingerprint density at radius 1 is 1.53 bits per heavy atom. The number of ether oxygens (including phenoxy) is 2. The molecule has 1 aromatic rings. The van der Waals surface area contributed by atoms with Crippen LogP contribution < -0.4 is 10.1 Å². The van der Waals surface area contributed by atoms with Crippen LogP contribution in [0, 0.1) is 5.82 Å². The van der Waals surface area contributed by atoms with Gasteiger partial charge in [0.05, 0.1) is 13.7 Å². The molecule has 0 aliphatic rings. The molecule has 0 spiro atoms. The van der Waals surface area contributed by atoms with Gasteiger partial charge in [0, 0.05) is 18.9 Å². The molecule has 0 amide bonds. The molecule has 1 aromatic carbocycles. The van der Waals surface area contributed by atoms with E-state index in [1.165, 1.54) is 32.4 Å². The number of carboxylic acids is 1. The summed E-state index contributed by atoms with van der Waals surface area (Å²) in [6, 6.07) is 3.13. The van der Waals surface area contributed by atoms with E-state index >= 15 is 0 Å². The van der Waals surface area contributed by atoms with Crippen molar-refractivity contribution in [2.75, 3.05) is 26.1 Å². The molecule has 5 nitrogen and oxygen atoms in total. The van der Waals surface area contributed by atoms with Crippen molar-refractivity contribution in [2.24, 2.45) is 0 Å². The van der Waals surface area contributed by atoms with Crippen LogP contribution in [-0.2, 0) is 9.53 Å². The Balaban J connectivity index is 2.82. The molecular formula is C11H14FNO4. The summed E-state index contributed by atoms with van der Waals surface area (Å²) in [5, 5.41) is 11.6. The number of hydrogen-bond acceptors (Lipinski definition) is 4. The standard InChI is InChI=1S/C11H14FNO4/c1-16-6-9(11(14)15)13-7-3-4-8(12)10(5-7)17-2/h3-5,9,13H,6H2,1-2H3,(H,14,15). The first kappa shape index (κ1) is 13.2. The van der Waals surface area contributed by atoms with Gasteiger partial charge in [-0.3, -0.25) is 0 Å². The van der Waals surface area contributed by atoms with E-state index in [0.717, 1.165) is 0 Å². The largest absolute Gasteiger partial charge is 0.494 e. The highest BCUT2D eigenvalue weighted by atomic mass is 19.1. The predicted octanol–water partition coefficient (Wildman–Crippen LogP) is 1.35. The van der Waals surface area contributed by atoms with Crippen molar-refractivity contribution < 1.29 is 23.8 Å². The molecular weight excluding hydrogens is 229 g/mol. The van der Waals surface area contributed by atoms with Gasteiger partial charge in [-0.2, -0.15) is 0 Å². The minimum Gasteiger partial charge on any atom is -0.494 e. The monoisotopic (exact) mass is 243 g/mol. The van der Waals surface area contributed by atoms with Crippen molar-refractivity contribution in [1.29, 1.82) is 0 Å². The van der Waals surface area contributed by atoms with E-state index in [0.29, 0.717) is 5.69 Å². The first-order valence-electron chi connectivity index (χ1n) is 4.90. The molecule has 0 saturated carbocycles. The fraction of sp³-hybridized carbons (Fsp3) is 0.364. The molecule has 17 heavy (non-hydrogen) atoms. The van der Waals surface area contributed by atoms with Crippen molar-refractivity contribution >= 4 is 11.7 Å². The normalized spacial score (nSPS) is 11.9. The summed E-state index contributed by atoms with van der Waals surface area (Å²) < 4.78 is 22.7. The Labute approximate surface area is 98.2 Å². The zero-order valence-electron chi connectivity index (χ0n) is 9.57. The predicted molar refractivity (Wildman–Crippen MR) is 59.9 cm³/mol. The number of rotatable bonds is 6. The SMILES string of the molecule is COCC(Nc1ccc(F)c(OC)c1)C(=O)O. The highest BCUT2D eigenvalue weighted by Crippen LogP contribution is 2.21. The number of carbonyl (C=O) groups is 1. The van der Waals surface area contributed by atoms with Crippen LogP contribution in [0.3, 0.4) is 0 Å². The van der Waals surface area contributed by atoms with Gasteiger partial charge in [0.2, 0.25) is 0 Å². The van der Waals surface area contributed by atoms with E-state index in [1.54, 1.807) is 0 Å². The second-order valence-corrected chi connectivity index (χ2v) is 3.34. The Bertz CT molecular complexity index is 397. The second-order valence-electron chi connectivity index (χ2n) is 3.34. The maximum absolute atomic E-state index is 13.1. The third kappa shape index (κ3) is 3.60. The Morgan fingerprint density at radius 2 is 2.24 bits per heavy atom. The second kappa shape index (κ2) is 6.05. The molecule has 94 valence electrons. The first-order valence-corrected chi connectivity index (χ1v) is 4.90. The molecule has 0 aliphatic heterocycles. The number of aliphatic carboxylic acids is 1. The highest BCUT2D eigenvalue weighted by molar-refractivity contribution is 5.77. The topological polar surface area (TPSA) is 67.8 Å². The molecule has 0 fully saturated rings. The number of methoxy groups -OCH3 is 2. The fourth-order valence-electron chi connectivity index (χ4n) is 1.29. The number of nitrogens with one attached hydrogen (secondary N) is 1. The number of benzene rings is 1. The van der Waals surface area contributed by atoms with Gasteiger partial charge in [-0.1, -0.05) is 0 Å². The molecule has 0 aliphatic carbocycles. The average Bonchev–Trinajstić information content (AvgIpc) is 2.30. The zero-order valence-corrected chi connectivity index (χ0v) is 9.57. The lowest BCUT2D eigenvalue weighted by Gasteiger charge is -2.15. The van der Waals surface area contributed by atoms with Crippen molar-refractivity contribution in [2.45, 2.75) is 6.04 Å². The Hall–Kier alpha value is -1.82. The lowest BCUT2D eigenvalue weighted by molar-refractivity contribution is -0.139. The molecule has 0 bridgehead atoms. The summed E-state index contributed by atoms with van der Waals surface area (Å²) in [6.45, 7) is 0.00895. The Kier molecular flexibility index (Phi) is 4.71. The van der Waals surface area contributed by atoms with Crippen LogP contribution in [-0.4, -0.2) is 37.9 Å². The van der Waals surface area contributed by atoms with Crippen molar-refractivity contribution in [3.05, 3.63) is 24.0 Å². The van der Waals surface area contributed by atoms with E-state index in [2.05, 4.69) is 5.32 Å². The molecule has 1 atom stereocenters. The summed E-state index contributed by atoms with van der Waals surface area (Å²) in [5.41, 5.74) is 0.452. The molecule has 0 radical (unpaired) electrons. The van der Waals surface area contributed by atoms with Gasteiger partial charge in [-0.05, 0) is 12.1 Å². The molecule has 2 N–H and O–H groups in total. The van der Waals surface area contributed by atoms with Crippen molar-refractivity contribution in [1.82, 2.24) is 0 Å².